The van der Waals surface area contributed by atoms with Crippen LogP contribution in [0.3, 0.4) is 0 Å². The zero-order valence-electron chi connectivity index (χ0n) is 14.2. The lowest BCUT2D eigenvalue weighted by molar-refractivity contribution is 0.286. The maximum Gasteiger partial charge on any atom is 0.270 e. The average molecular weight is 471 g/mol. The lowest BCUT2D eigenvalue weighted by Gasteiger charge is -2.14. The highest BCUT2D eigenvalue weighted by Gasteiger charge is 2.18. The quantitative estimate of drug-likeness (QED) is 0.286. The maximum absolute atomic E-state index is 12.1. The minimum absolute atomic E-state index is 0.0182. The molecule has 1 heterocycles. The molecule has 0 spiro atoms. The van der Waals surface area contributed by atoms with Crippen molar-refractivity contribution in [2.24, 2.45) is 0 Å². The number of methoxy groups -OCH3 is 1. The van der Waals surface area contributed by atoms with Crippen molar-refractivity contribution in [2.45, 2.75) is 24.9 Å². The summed E-state index contributed by atoms with van der Waals surface area (Å²) in [5, 5.41) is 9.80. The summed E-state index contributed by atoms with van der Waals surface area (Å²) in [7, 11) is 1.56. The number of nitriles is 1. The van der Waals surface area contributed by atoms with Crippen LogP contribution in [-0.2, 0) is 0 Å². The van der Waals surface area contributed by atoms with Gasteiger partial charge in [-0.2, -0.15) is 5.26 Å². The Labute approximate surface area is 164 Å². The molecule has 0 saturated heterocycles. The maximum atomic E-state index is 12.1. The summed E-state index contributed by atoms with van der Waals surface area (Å²) in [5.74, 6) is 1.21. The van der Waals surface area contributed by atoms with Gasteiger partial charge in [-0.25, -0.2) is 4.98 Å². The molecule has 132 valence electrons. The number of thioether (sulfide) groups is 1. The smallest absolute Gasteiger partial charge is 0.270 e. The molecule has 2 aromatic rings. The molecule has 0 saturated carbocycles. The predicted molar refractivity (Wildman–Crippen MR) is 106 cm³/mol. The van der Waals surface area contributed by atoms with Crippen molar-refractivity contribution in [2.75, 3.05) is 20.0 Å². The Hall–Kier alpha value is -1.73. The Bertz CT molecular complexity index is 861. The van der Waals surface area contributed by atoms with Crippen molar-refractivity contribution >= 4 is 34.4 Å². The molecule has 0 fully saturated rings. The van der Waals surface area contributed by atoms with Crippen LogP contribution in [0.15, 0.2) is 22.1 Å². The molecule has 1 N–H and O–H groups in total. The van der Waals surface area contributed by atoms with Crippen LogP contribution in [0.4, 0.5) is 0 Å². The molecule has 1 aromatic heterocycles. The summed E-state index contributed by atoms with van der Waals surface area (Å²) in [6.07, 6.45) is 3.80. The highest BCUT2D eigenvalue weighted by atomic mass is 127. The van der Waals surface area contributed by atoms with Gasteiger partial charge in [-0.15, -0.1) is 0 Å². The Balaban J connectivity index is 2.58. The van der Waals surface area contributed by atoms with E-state index in [1.54, 1.807) is 13.2 Å². The van der Waals surface area contributed by atoms with Crippen LogP contribution in [0.5, 0.6) is 11.5 Å². The Morgan fingerprint density at radius 2 is 2.20 bits per heavy atom. The van der Waals surface area contributed by atoms with E-state index in [0.29, 0.717) is 34.5 Å². The standard InChI is InChI=1S/C17H18IN3O3S/c1-4-5-6-24-15-12(18)7-10(8-13(15)23-2)14-11(9-19)16(22)21-17(20-14)25-3/h7-8H,4-6H2,1-3H3,(H,20,21,22). The van der Waals surface area contributed by atoms with E-state index >= 15 is 0 Å². The summed E-state index contributed by atoms with van der Waals surface area (Å²) in [4.78, 5) is 19.1. The van der Waals surface area contributed by atoms with Crippen LogP contribution in [0.1, 0.15) is 25.3 Å². The van der Waals surface area contributed by atoms with Gasteiger partial charge in [0.25, 0.3) is 5.56 Å². The summed E-state index contributed by atoms with van der Waals surface area (Å²) < 4.78 is 12.1. The molecule has 0 aliphatic carbocycles. The molecule has 0 amide bonds. The average Bonchev–Trinajstić information content (AvgIpc) is 2.61. The van der Waals surface area contributed by atoms with Crippen LogP contribution in [-0.4, -0.2) is 29.9 Å². The second kappa shape index (κ2) is 9.10. The van der Waals surface area contributed by atoms with Gasteiger partial charge in [0.05, 0.1) is 23.0 Å². The number of benzene rings is 1. The van der Waals surface area contributed by atoms with Gasteiger partial charge in [-0.05, 0) is 47.4 Å². The topological polar surface area (TPSA) is 88.0 Å². The van der Waals surface area contributed by atoms with Crippen LogP contribution < -0.4 is 15.0 Å². The van der Waals surface area contributed by atoms with Crippen molar-refractivity contribution in [1.82, 2.24) is 9.97 Å². The Kier molecular flexibility index (Phi) is 7.13. The van der Waals surface area contributed by atoms with E-state index in [2.05, 4.69) is 39.5 Å². The third-order valence-corrected chi connectivity index (χ3v) is 4.83. The van der Waals surface area contributed by atoms with Gasteiger partial charge < -0.3 is 14.5 Å². The zero-order valence-corrected chi connectivity index (χ0v) is 17.2. The number of aromatic nitrogens is 2. The van der Waals surface area contributed by atoms with Crippen LogP contribution in [0.2, 0.25) is 0 Å². The third kappa shape index (κ3) is 4.46. The van der Waals surface area contributed by atoms with E-state index in [1.807, 2.05) is 18.4 Å². The molecule has 0 radical (unpaired) electrons. The van der Waals surface area contributed by atoms with E-state index in [1.165, 1.54) is 11.8 Å². The van der Waals surface area contributed by atoms with Crippen molar-refractivity contribution in [1.29, 1.82) is 5.26 Å². The first kappa shape index (κ1) is 19.6. The second-order valence-corrected chi connectivity index (χ2v) is 7.06. The van der Waals surface area contributed by atoms with Crippen LogP contribution >= 0.6 is 34.4 Å². The third-order valence-electron chi connectivity index (χ3n) is 3.45. The highest BCUT2D eigenvalue weighted by Crippen LogP contribution is 2.37. The number of halogens is 1. The summed E-state index contributed by atoms with van der Waals surface area (Å²) >= 11 is 3.47. The zero-order chi connectivity index (χ0) is 18.4. The normalized spacial score (nSPS) is 10.4. The lowest BCUT2D eigenvalue weighted by Crippen LogP contribution is -2.14. The molecular weight excluding hydrogens is 453 g/mol. The first-order valence-electron chi connectivity index (χ1n) is 7.64. The fourth-order valence-corrected chi connectivity index (χ4v) is 3.31. The van der Waals surface area contributed by atoms with E-state index in [-0.39, 0.29) is 5.56 Å². The number of nitrogens with one attached hydrogen (secondary N) is 1. The summed E-state index contributed by atoms with van der Waals surface area (Å²) in [6, 6.07) is 5.53. The SMILES string of the molecule is CCCCOc1c(I)cc(-c2nc(SC)[nH]c(=O)c2C#N)cc1OC. The van der Waals surface area contributed by atoms with E-state index in [9.17, 15) is 10.1 Å². The summed E-state index contributed by atoms with van der Waals surface area (Å²) in [5.41, 5.74) is 0.512. The van der Waals surface area contributed by atoms with E-state index in [4.69, 9.17) is 9.47 Å². The highest BCUT2D eigenvalue weighted by molar-refractivity contribution is 14.1. The fourth-order valence-electron chi connectivity index (χ4n) is 2.18. The Morgan fingerprint density at radius 1 is 1.44 bits per heavy atom. The van der Waals surface area contributed by atoms with Crippen molar-refractivity contribution in [3.05, 3.63) is 31.6 Å². The Morgan fingerprint density at radius 3 is 2.80 bits per heavy atom. The first-order chi connectivity index (χ1) is 12.0. The number of rotatable bonds is 7. The van der Waals surface area contributed by atoms with Gasteiger partial charge >= 0.3 is 0 Å². The van der Waals surface area contributed by atoms with E-state index in [0.717, 1.165) is 16.4 Å². The number of unbranched alkanes of at least 4 members (excludes halogenated alkanes) is 1. The molecule has 0 bridgehead atoms. The van der Waals surface area contributed by atoms with Crippen molar-refractivity contribution < 1.29 is 9.47 Å². The van der Waals surface area contributed by atoms with Gasteiger partial charge in [-0.3, -0.25) is 4.79 Å². The number of hydrogen-bond acceptors (Lipinski definition) is 6. The molecular formula is C17H18IN3O3S. The number of H-pyrrole nitrogens is 1. The first-order valence-corrected chi connectivity index (χ1v) is 9.95. The van der Waals surface area contributed by atoms with Crippen LogP contribution in [0.25, 0.3) is 11.3 Å². The molecule has 0 aliphatic heterocycles. The molecule has 0 aliphatic rings. The molecule has 2 rings (SSSR count). The number of hydrogen-bond donors (Lipinski definition) is 1. The molecule has 25 heavy (non-hydrogen) atoms. The molecule has 8 heteroatoms. The van der Waals surface area contributed by atoms with Crippen molar-refractivity contribution in [3.63, 3.8) is 0 Å². The number of nitrogens with zero attached hydrogens (tertiary/aromatic N) is 2. The molecule has 0 unspecified atom stereocenters. The largest absolute Gasteiger partial charge is 0.493 e. The second-order valence-electron chi connectivity index (χ2n) is 5.10. The van der Waals surface area contributed by atoms with Gasteiger partial charge in [0, 0.05) is 5.56 Å². The van der Waals surface area contributed by atoms with Gasteiger partial charge in [0.15, 0.2) is 16.7 Å². The van der Waals surface area contributed by atoms with Gasteiger partial charge in [-0.1, -0.05) is 25.1 Å². The predicted octanol–water partition coefficient (Wildman–Crippen LogP) is 3.82. The molecule has 0 atom stereocenters. The van der Waals surface area contributed by atoms with E-state index < -0.39 is 5.56 Å². The minimum atomic E-state index is -0.450. The lowest BCUT2D eigenvalue weighted by atomic mass is 10.1. The molecule has 6 nitrogen and oxygen atoms in total. The minimum Gasteiger partial charge on any atom is -0.493 e. The fraction of sp³-hybridized carbons (Fsp3) is 0.353. The van der Waals surface area contributed by atoms with Crippen molar-refractivity contribution in [3.8, 4) is 28.8 Å². The van der Waals surface area contributed by atoms with Crippen LogP contribution in [0, 0.1) is 14.9 Å². The number of aromatic amines is 1. The molecule has 1 aromatic carbocycles. The monoisotopic (exact) mass is 471 g/mol. The number of ether oxygens (including phenoxy) is 2. The van der Waals surface area contributed by atoms with Gasteiger partial charge in [0.2, 0.25) is 0 Å². The summed E-state index contributed by atoms with van der Waals surface area (Å²) in [6.45, 7) is 2.70. The van der Waals surface area contributed by atoms with Gasteiger partial charge in [0.1, 0.15) is 11.6 Å².